The molecule has 0 unspecified atom stereocenters. The fourth-order valence-corrected chi connectivity index (χ4v) is 2.99. The molecule has 3 nitrogen and oxygen atoms in total. The SMILES string of the molecule is CNCc1ccc(Br)cc1Sc1nccn1C. The van der Waals surface area contributed by atoms with Gasteiger partial charge in [0.2, 0.25) is 0 Å². The van der Waals surface area contributed by atoms with Crippen LogP contribution in [0.25, 0.3) is 0 Å². The Bertz CT molecular complexity index is 510. The molecule has 0 atom stereocenters. The number of aryl methyl sites for hydroxylation is 1. The van der Waals surface area contributed by atoms with E-state index in [1.54, 1.807) is 11.8 Å². The van der Waals surface area contributed by atoms with Gasteiger partial charge in [0.05, 0.1) is 0 Å². The normalized spacial score (nSPS) is 10.8. The average molecular weight is 312 g/mol. The van der Waals surface area contributed by atoms with E-state index < -0.39 is 0 Å². The highest BCUT2D eigenvalue weighted by atomic mass is 79.9. The molecule has 0 fully saturated rings. The molecule has 2 rings (SSSR count). The van der Waals surface area contributed by atoms with Crippen molar-refractivity contribution >= 4 is 27.7 Å². The maximum absolute atomic E-state index is 4.33. The zero-order valence-electron chi connectivity index (χ0n) is 9.77. The zero-order valence-corrected chi connectivity index (χ0v) is 12.2. The Morgan fingerprint density at radius 2 is 2.29 bits per heavy atom. The van der Waals surface area contributed by atoms with Crippen LogP contribution in [0.2, 0.25) is 0 Å². The summed E-state index contributed by atoms with van der Waals surface area (Å²) in [5.41, 5.74) is 1.28. The van der Waals surface area contributed by atoms with E-state index >= 15 is 0 Å². The van der Waals surface area contributed by atoms with Gasteiger partial charge in [-0.3, -0.25) is 0 Å². The third-order valence-corrected chi connectivity index (χ3v) is 4.04. The van der Waals surface area contributed by atoms with Crippen molar-refractivity contribution in [1.82, 2.24) is 14.9 Å². The first-order chi connectivity index (χ1) is 8.20. The molecule has 1 heterocycles. The van der Waals surface area contributed by atoms with Gasteiger partial charge in [0.25, 0.3) is 0 Å². The molecule has 0 aliphatic carbocycles. The van der Waals surface area contributed by atoms with Gasteiger partial charge in [-0.2, -0.15) is 0 Å². The first-order valence-electron chi connectivity index (χ1n) is 5.29. The van der Waals surface area contributed by atoms with Crippen LogP contribution in [0.15, 0.2) is 45.1 Å². The van der Waals surface area contributed by atoms with Crippen molar-refractivity contribution in [2.24, 2.45) is 7.05 Å². The van der Waals surface area contributed by atoms with Gasteiger partial charge in [-0.1, -0.05) is 33.8 Å². The predicted molar refractivity (Wildman–Crippen MR) is 74.2 cm³/mol. The highest BCUT2D eigenvalue weighted by Gasteiger charge is 2.07. The lowest BCUT2D eigenvalue weighted by atomic mass is 10.2. The van der Waals surface area contributed by atoms with E-state index in [2.05, 4.69) is 44.4 Å². The highest BCUT2D eigenvalue weighted by Crippen LogP contribution is 2.31. The summed E-state index contributed by atoms with van der Waals surface area (Å²) in [7, 11) is 3.96. The first-order valence-corrected chi connectivity index (χ1v) is 6.90. The molecule has 0 aliphatic rings. The maximum Gasteiger partial charge on any atom is 0.172 e. The lowest BCUT2D eigenvalue weighted by molar-refractivity contribution is 0.783. The summed E-state index contributed by atoms with van der Waals surface area (Å²) in [5.74, 6) is 0. The molecule has 17 heavy (non-hydrogen) atoms. The Morgan fingerprint density at radius 1 is 1.47 bits per heavy atom. The minimum Gasteiger partial charge on any atom is -0.329 e. The predicted octanol–water partition coefficient (Wildman–Crippen LogP) is 3.05. The summed E-state index contributed by atoms with van der Waals surface area (Å²) in [6, 6.07) is 6.33. The van der Waals surface area contributed by atoms with Gasteiger partial charge in [0, 0.05) is 35.4 Å². The van der Waals surface area contributed by atoms with Gasteiger partial charge < -0.3 is 9.88 Å². The summed E-state index contributed by atoms with van der Waals surface area (Å²) >= 11 is 5.19. The fraction of sp³-hybridized carbons (Fsp3) is 0.250. The van der Waals surface area contributed by atoms with Gasteiger partial charge in [-0.25, -0.2) is 4.98 Å². The van der Waals surface area contributed by atoms with E-state index in [1.165, 1.54) is 10.5 Å². The number of hydrogen-bond donors (Lipinski definition) is 1. The van der Waals surface area contributed by atoms with Crippen LogP contribution in [-0.4, -0.2) is 16.6 Å². The molecular weight excluding hydrogens is 298 g/mol. The number of nitrogens with one attached hydrogen (secondary N) is 1. The van der Waals surface area contributed by atoms with Crippen LogP contribution in [0.4, 0.5) is 0 Å². The molecule has 1 aromatic carbocycles. The molecule has 0 saturated carbocycles. The van der Waals surface area contributed by atoms with Crippen LogP contribution in [0, 0.1) is 0 Å². The second kappa shape index (κ2) is 5.71. The Kier molecular flexibility index (Phi) is 4.25. The molecule has 0 amide bonds. The van der Waals surface area contributed by atoms with Gasteiger partial charge >= 0.3 is 0 Å². The van der Waals surface area contributed by atoms with E-state index in [9.17, 15) is 0 Å². The van der Waals surface area contributed by atoms with E-state index in [0.717, 1.165) is 16.2 Å². The third kappa shape index (κ3) is 3.12. The minimum atomic E-state index is 0.861. The van der Waals surface area contributed by atoms with Crippen molar-refractivity contribution in [3.8, 4) is 0 Å². The summed E-state index contributed by atoms with van der Waals surface area (Å²) < 4.78 is 3.11. The second-order valence-corrected chi connectivity index (χ2v) is 5.63. The van der Waals surface area contributed by atoms with Crippen LogP contribution in [-0.2, 0) is 13.6 Å². The standard InChI is InChI=1S/C12H14BrN3S/c1-14-8-9-3-4-10(13)7-11(9)17-12-15-5-6-16(12)2/h3-7,14H,8H2,1-2H3. The number of halogens is 1. The summed E-state index contributed by atoms with van der Waals surface area (Å²) in [6.07, 6.45) is 3.77. The molecule has 0 spiro atoms. The molecule has 90 valence electrons. The topological polar surface area (TPSA) is 29.9 Å². The smallest absolute Gasteiger partial charge is 0.172 e. The summed E-state index contributed by atoms with van der Waals surface area (Å²) in [5, 5.41) is 4.18. The van der Waals surface area contributed by atoms with Crippen LogP contribution in [0.3, 0.4) is 0 Å². The van der Waals surface area contributed by atoms with Crippen molar-refractivity contribution in [3.63, 3.8) is 0 Å². The molecular formula is C12H14BrN3S. The number of benzene rings is 1. The molecule has 0 saturated heterocycles. The van der Waals surface area contributed by atoms with E-state index in [4.69, 9.17) is 0 Å². The molecule has 2 aromatic rings. The monoisotopic (exact) mass is 311 g/mol. The average Bonchev–Trinajstić information content (AvgIpc) is 2.69. The van der Waals surface area contributed by atoms with Crippen molar-refractivity contribution < 1.29 is 0 Å². The largest absolute Gasteiger partial charge is 0.329 e. The van der Waals surface area contributed by atoms with Crippen LogP contribution >= 0.6 is 27.7 Å². The summed E-state index contributed by atoms with van der Waals surface area (Å²) in [6.45, 7) is 0.861. The Balaban J connectivity index is 2.30. The third-order valence-electron chi connectivity index (χ3n) is 2.37. The Hall–Kier alpha value is -0.780. The number of nitrogens with zero attached hydrogens (tertiary/aromatic N) is 2. The van der Waals surface area contributed by atoms with Crippen LogP contribution in [0.5, 0.6) is 0 Å². The molecule has 1 N–H and O–H groups in total. The van der Waals surface area contributed by atoms with Gasteiger partial charge in [-0.05, 0) is 24.7 Å². The van der Waals surface area contributed by atoms with Crippen LogP contribution in [0.1, 0.15) is 5.56 Å². The van der Waals surface area contributed by atoms with E-state index in [-0.39, 0.29) is 0 Å². The number of rotatable bonds is 4. The number of hydrogen-bond acceptors (Lipinski definition) is 3. The van der Waals surface area contributed by atoms with Gasteiger partial charge in [-0.15, -0.1) is 0 Å². The minimum absolute atomic E-state index is 0.861. The Labute approximate surface area is 114 Å². The second-order valence-electron chi connectivity index (χ2n) is 3.71. The van der Waals surface area contributed by atoms with Crippen molar-refractivity contribution in [2.45, 2.75) is 16.6 Å². The van der Waals surface area contributed by atoms with E-state index in [0.29, 0.717) is 0 Å². The highest BCUT2D eigenvalue weighted by molar-refractivity contribution is 9.10. The van der Waals surface area contributed by atoms with E-state index in [1.807, 2.05) is 31.1 Å². The lowest BCUT2D eigenvalue weighted by Gasteiger charge is -2.09. The number of aromatic nitrogens is 2. The fourth-order valence-electron chi connectivity index (χ4n) is 1.51. The molecule has 1 aromatic heterocycles. The molecule has 5 heteroatoms. The van der Waals surface area contributed by atoms with Gasteiger partial charge in [0.15, 0.2) is 5.16 Å². The maximum atomic E-state index is 4.33. The van der Waals surface area contributed by atoms with Crippen molar-refractivity contribution in [2.75, 3.05) is 7.05 Å². The van der Waals surface area contributed by atoms with Crippen LogP contribution < -0.4 is 5.32 Å². The zero-order chi connectivity index (χ0) is 12.3. The quantitative estimate of drug-likeness (QED) is 0.941. The first kappa shape index (κ1) is 12.7. The molecule has 0 bridgehead atoms. The molecule has 0 aliphatic heterocycles. The van der Waals surface area contributed by atoms with Crippen molar-refractivity contribution in [1.29, 1.82) is 0 Å². The summed E-state index contributed by atoms with van der Waals surface area (Å²) in [4.78, 5) is 5.56. The lowest BCUT2D eigenvalue weighted by Crippen LogP contribution is -2.06. The molecule has 0 radical (unpaired) electrons. The van der Waals surface area contributed by atoms with Crippen molar-refractivity contribution in [3.05, 3.63) is 40.6 Å². The van der Waals surface area contributed by atoms with Gasteiger partial charge in [0.1, 0.15) is 0 Å². The Morgan fingerprint density at radius 3 is 2.94 bits per heavy atom. The number of imidazole rings is 1.